The van der Waals surface area contributed by atoms with Crippen molar-refractivity contribution < 1.29 is 26.5 Å². The van der Waals surface area contributed by atoms with Crippen LogP contribution in [0.25, 0.3) is 219 Å². The number of rotatable bonds is 8. The summed E-state index contributed by atoms with van der Waals surface area (Å²) in [6, 6.07) is 133. The number of hydrogen-bond donors (Lipinski definition) is 0. The Morgan fingerprint density at radius 2 is 0.477 bits per heavy atom. The number of benzene rings is 20. The Bertz CT molecular complexity index is 8830. The summed E-state index contributed by atoms with van der Waals surface area (Å²) in [7, 11) is 0. The van der Waals surface area contributed by atoms with Gasteiger partial charge in [-0.2, -0.15) is 0 Å². The first-order chi connectivity index (χ1) is 64.4. The van der Waals surface area contributed by atoms with Gasteiger partial charge in [-0.25, -0.2) is 0 Å². The number of fused-ring (bicyclic) bond motifs is 25. The molecule has 0 fully saturated rings. The lowest BCUT2D eigenvalue weighted by Crippen LogP contribution is -1.93. The minimum absolute atomic E-state index is 0.432. The van der Waals surface area contributed by atoms with E-state index in [4.69, 9.17) is 26.5 Å². The van der Waals surface area contributed by atoms with Crippen LogP contribution in [0.5, 0.6) is 0 Å². The number of furan rings is 6. The molecule has 6 nitrogen and oxygen atoms in total. The van der Waals surface area contributed by atoms with Gasteiger partial charge >= 0.3 is 0 Å². The fraction of sp³-hybridized carbons (Fsp3) is 0.143. The average molecular weight is 1710 g/mol. The molecule has 0 aliphatic rings. The molecule has 20 aromatic carbocycles. The van der Waals surface area contributed by atoms with Crippen molar-refractivity contribution in [1.82, 2.24) is 0 Å². The van der Waals surface area contributed by atoms with E-state index in [2.05, 4.69) is 429 Å². The molecule has 0 bridgehead atoms. The van der Waals surface area contributed by atoms with E-state index in [0.717, 1.165) is 67.0 Å². The van der Waals surface area contributed by atoms with Crippen molar-refractivity contribution in [2.75, 3.05) is 0 Å². The summed E-state index contributed by atoms with van der Waals surface area (Å²) in [6.45, 7) is 26.8. The first-order valence-electron chi connectivity index (χ1n) is 46.6. The second-order valence-electron chi connectivity index (χ2n) is 37.2. The summed E-state index contributed by atoms with van der Waals surface area (Å²) in [5.74, 6) is 2.91. The molecule has 0 aliphatic heterocycles. The molecule has 0 saturated heterocycles. The second kappa shape index (κ2) is 35.0. The van der Waals surface area contributed by atoms with Gasteiger partial charge in [-0.1, -0.05) is 350 Å². The van der Waals surface area contributed by atoms with Crippen LogP contribution in [0.1, 0.15) is 152 Å². The Hall–Kier alpha value is -15.2. The zero-order chi connectivity index (χ0) is 90.1. The molecular formula is C126H104O6. The molecule has 0 radical (unpaired) electrons. The van der Waals surface area contributed by atoms with Crippen molar-refractivity contribution in [3.05, 3.63) is 409 Å². The van der Waals surface area contributed by atoms with E-state index in [9.17, 15) is 0 Å². The van der Waals surface area contributed by atoms with Crippen LogP contribution in [0.4, 0.5) is 0 Å². The Morgan fingerprint density at radius 3 is 1.02 bits per heavy atom. The van der Waals surface area contributed by atoms with Gasteiger partial charge in [0.25, 0.3) is 0 Å². The van der Waals surface area contributed by atoms with Crippen LogP contribution in [-0.4, -0.2) is 0 Å². The zero-order valence-electron chi connectivity index (χ0n) is 76.7. The first kappa shape index (κ1) is 83.7. The van der Waals surface area contributed by atoms with E-state index in [0.29, 0.717) is 35.5 Å². The quantitative estimate of drug-likeness (QED) is 0.151. The van der Waals surface area contributed by atoms with Gasteiger partial charge < -0.3 is 26.5 Å². The van der Waals surface area contributed by atoms with Gasteiger partial charge in [-0.15, -0.1) is 0 Å². The van der Waals surface area contributed by atoms with Gasteiger partial charge in [0, 0.05) is 81.1 Å². The van der Waals surface area contributed by atoms with Gasteiger partial charge in [0.05, 0.1) is 0 Å². The third-order valence-corrected chi connectivity index (χ3v) is 26.6. The van der Waals surface area contributed by atoms with Gasteiger partial charge in [0.2, 0.25) is 0 Å². The average Bonchev–Trinajstić information content (AvgIpc) is 1.60. The lowest BCUT2D eigenvalue weighted by molar-refractivity contribution is 0.658. The highest BCUT2D eigenvalue weighted by molar-refractivity contribution is 6.18. The minimum Gasteiger partial charge on any atom is -0.456 e. The van der Waals surface area contributed by atoms with Gasteiger partial charge in [0.1, 0.15) is 67.0 Å². The molecule has 6 heteroatoms. The fourth-order valence-electron chi connectivity index (χ4n) is 19.5. The Balaban J connectivity index is 0.0000000959. The highest BCUT2D eigenvalue weighted by Crippen LogP contribution is 2.46. The summed E-state index contributed by atoms with van der Waals surface area (Å²) in [6.07, 6.45) is 0. The maximum Gasteiger partial charge on any atom is 0.143 e. The lowest BCUT2D eigenvalue weighted by Gasteiger charge is -2.15. The van der Waals surface area contributed by atoms with E-state index in [1.807, 2.05) is 30.3 Å². The third-order valence-electron chi connectivity index (χ3n) is 26.6. The Morgan fingerprint density at radius 1 is 0.144 bits per heavy atom. The van der Waals surface area contributed by atoms with E-state index in [1.165, 1.54) is 185 Å². The molecule has 0 unspecified atom stereocenters. The van der Waals surface area contributed by atoms with Gasteiger partial charge in [0.15, 0.2) is 0 Å². The van der Waals surface area contributed by atoms with E-state index < -0.39 is 0 Å². The number of hydrogen-bond acceptors (Lipinski definition) is 6. The Labute approximate surface area is 767 Å². The second-order valence-corrected chi connectivity index (χ2v) is 37.2. The fourth-order valence-corrected chi connectivity index (χ4v) is 19.5. The van der Waals surface area contributed by atoms with E-state index >= 15 is 0 Å². The highest BCUT2D eigenvalue weighted by atomic mass is 16.3. The summed E-state index contributed by atoms with van der Waals surface area (Å²) in [4.78, 5) is 0. The molecule has 132 heavy (non-hydrogen) atoms. The highest BCUT2D eigenvalue weighted by Gasteiger charge is 2.23. The lowest BCUT2D eigenvalue weighted by atomic mass is 9.88. The normalized spacial score (nSPS) is 11.9. The maximum atomic E-state index is 6.32. The molecule has 26 rings (SSSR count). The molecule has 0 spiro atoms. The van der Waals surface area contributed by atoms with E-state index in [1.54, 1.807) is 0 Å². The van der Waals surface area contributed by atoms with Crippen LogP contribution in [0.15, 0.2) is 403 Å². The molecule has 644 valence electrons. The largest absolute Gasteiger partial charge is 0.456 e. The molecule has 0 atom stereocenters. The van der Waals surface area contributed by atoms with Crippen LogP contribution >= 0.6 is 0 Å². The zero-order valence-corrected chi connectivity index (χ0v) is 76.7. The standard InChI is InChI=1S/2C25H20O.4C19H16O/c1-16(2)18-14-22(20-12-7-9-17-8-3-4-10-19(17)20)25-23(15-18)21-11-5-6-13-24(21)26-25;1-16(2)21-14-23-20-11-5-6-13-24(20)26-25(23)15-22(21)19-12-7-9-17-8-3-4-10-18(17)19;1-12(2)18-14-8-4-3-7-13(14)11-16-15-9-5-6-10-17(15)20-19(16)18;1-12(2)14-8-10-18-17(11-14)16-9-7-13-5-3-4-6-15(13)19(16)20-18;1-12(2)13-7-8-16-17-9-14-5-3-4-6-15(14)11-19(17)20-18(16)10-13;1-12(2)13-7-8-18-16(9-13)17-10-14-5-3-4-6-15(14)11-19(17)20-18/h2*3-16H,1-2H3;4*3-12H,1-2H3. The molecule has 0 amide bonds. The smallest absolute Gasteiger partial charge is 0.143 e. The number of para-hydroxylation sites is 3. The summed E-state index contributed by atoms with van der Waals surface area (Å²) in [5.41, 5.74) is 24.7. The summed E-state index contributed by atoms with van der Waals surface area (Å²) < 4.78 is 36.8. The van der Waals surface area contributed by atoms with Crippen molar-refractivity contribution in [3.63, 3.8) is 0 Å². The first-order valence-corrected chi connectivity index (χ1v) is 46.6. The van der Waals surface area contributed by atoms with Crippen molar-refractivity contribution in [1.29, 1.82) is 0 Å². The predicted octanol–water partition coefficient (Wildman–Crippen LogP) is 38.5. The molecule has 0 N–H and O–H groups in total. The summed E-state index contributed by atoms with van der Waals surface area (Å²) >= 11 is 0. The van der Waals surface area contributed by atoms with Crippen LogP contribution < -0.4 is 0 Å². The van der Waals surface area contributed by atoms with E-state index in [-0.39, 0.29) is 0 Å². The van der Waals surface area contributed by atoms with Crippen molar-refractivity contribution in [2.24, 2.45) is 0 Å². The van der Waals surface area contributed by atoms with Crippen LogP contribution in [-0.2, 0) is 0 Å². The molecule has 0 saturated carbocycles. The van der Waals surface area contributed by atoms with Crippen molar-refractivity contribution in [2.45, 2.75) is 119 Å². The molecule has 0 aliphatic carbocycles. The van der Waals surface area contributed by atoms with Crippen LogP contribution in [0, 0.1) is 0 Å². The molecule has 26 aromatic rings. The monoisotopic (exact) mass is 1710 g/mol. The van der Waals surface area contributed by atoms with Crippen LogP contribution in [0.3, 0.4) is 0 Å². The minimum atomic E-state index is 0.432. The van der Waals surface area contributed by atoms with Gasteiger partial charge in [-0.05, 0) is 248 Å². The maximum absolute atomic E-state index is 6.32. The topological polar surface area (TPSA) is 78.8 Å². The summed E-state index contributed by atoms with van der Waals surface area (Å²) in [5, 5.41) is 29.5. The van der Waals surface area contributed by atoms with Crippen molar-refractivity contribution in [3.8, 4) is 22.3 Å². The predicted molar refractivity (Wildman–Crippen MR) is 563 cm³/mol. The molecular weight excluding hydrogens is 1610 g/mol. The molecule has 6 aromatic heterocycles. The van der Waals surface area contributed by atoms with Crippen LogP contribution in [0.2, 0.25) is 0 Å². The SMILES string of the molecule is CC(C)c1c2ccccc2cc2c1oc1ccccc12.CC(C)c1cc(-c2cccc3ccccc23)c2oc3ccccc3c2c1.CC(C)c1cc2c(cc1-c1cccc3ccccc13)oc1ccccc12.CC(C)c1ccc2c(c1)oc1cc3ccccc3cc12.CC(C)c1ccc2oc3c4ccccc4ccc3c2c1.CC(C)c1ccc2oc3cc4ccccc4cc3c2c1. The van der Waals surface area contributed by atoms with Gasteiger partial charge in [-0.3, -0.25) is 0 Å². The van der Waals surface area contributed by atoms with Crippen molar-refractivity contribution >= 4 is 196 Å². The molecule has 6 heterocycles. The Kier molecular flexibility index (Phi) is 22.2. The third kappa shape index (κ3) is 15.7.